The second kappa shape index (κ2) is 7.32. The SMILES string of the molecule is Cn1cc(-c2ccc(Nc3cc(N)c(N)c(Oc4ccccc4)n3)cc2)cn1. The normalized spacial score (nSPS) is 10.6. The summed E-state index contributed by atoms with van der Waals surface area (Å²) >= 11 is 0. The van der Waals surface area contributed by atoms with E-state index in [4.69, 9.17) is 16.2 Å². The third-order valence-corrected chi connectivity index (χ3v) is 4.21. The molecule has 0 unspecified atom stereocenters. The standard InChI is InChI=1S/C21H20N6O/c1-27-13-15(12-24-27)14-7-9-16(10-8-14)25-19-11-18(22)20(23)21(26-19)28-17-5-3-2-4-6-17/h2-13H,23H2,1H3,(H3,22,25,26). The van der Waals surface area contributed by atoms with Crippen molar-refractivity contribution in [1.29, 1.82) is 0 Å². The molecule has 0 saturated carbocycles. The van der Waals surface area contributed by atoms with Crippen LogP contribution in [0.15, 0.2) is 73.1 Å². The molecule has 0 amide bonds. The molecule has 2 aromatic heterocycles. The minimum Gasteiger partial charge on any atom is -0.437 e. The average molecular weight is 372 g/mol. The van der Waals surface area contributed by atoms with Gasteiger partial charge in [-0.05, 0) is 29.8 Å². The molecule has 7 heteroatoms. The number of nitrogens with one attached hydrogen (secondary N) is 1. The molecule has 0 aliphatic heterocycles. The third kappa shape index (κ3) is 3.73. The van der Waals surface area contributed by atoms with Crippen molar-refractivity contribution in [3.63, 3.8) is 0 Å². The van der Waals surface area contributed by atoms with Gasteiger partial charge in [-0.3, -0.25) is 4.68 Å². The number of nitrogen functional groups attached to an aromatic ring is 2. The van der Waals surface area contributed by atoms with Gasteiger partial charge in [0.05, 0.1) is 11.9 Å². The molecule has 0 saturated heterocycles. The average Bonchev–Trinajstić information content (AvgIpc) is 3.13. The summed E-state index contributed by atoms with van der Waals surface area (Å²) in [5.74, 6) is 1.45. The maximum atomic E-state index is 6.04. The van der Waals surface area contributed by atoms with Gasteiger partial charge in [0.1, 0.15) is 17.3 Å². The summed E-state index contributed by atoms with van der Waals surface area (Å²) in [5.41, 5.74) is 15.8. The third-order valence-electron chi connectivity index (χ3n) is 4.21. The second-order valence-electron chi connectivity index (χ2n) is 6.34. The molecule has 4 aromatic rings. The lowest BCUT2D eigenvalue weighted by molar-refractivity contribution is 0.466. The molecule has 4 rings (SSSR count). The van der Waals surface area contributed by atoms with Crippen molar-refractivity contribution in [3.05, 3.63) is 73.1 Å². The summed E-state index contributed by atoms with van der Waals surface area (Å²) < 4.78 is 7.56. The summed E-state index contributed by atoms with van der Waals surface area (Å²) in [6, 6.07) is 19.0. The van der Waals surface area contributed by atoms with Crippen molar-refractivity contribution >= 4 is 22.9 Å². The molecule has 0 aliphatic rings. The number of para-hydroxylation sites is 1. The number of rotatable bonds is 5. The minimum atomic E-state index is 0.265. The second-order valence-corrected chi connectivity index (χ2v) is 6.34. The molecular formula is C21H20N6O. The van der Waals surface area contributed by atoms with E-state index in [1.807, 2.05) is 74.0 Å². The van der Waals surface area contributed by atoms with E-state index in [0.717, 1.165) is 16.8 Å². The van der Waals surface area contributed by atoms with Gasteiger partial charge in [0.15, 0.2) is 0 Å². The van der Waals surface area contributed by atoms with Crippen LogP contribution in [0.25, 0.3) is 11.1 Å². The number of ether oxygens (including phenoxy) is 1. The number of pyridine rings is 1. The number of aromatic nitrogens is 3. The van der Waals surface area contributed by atoms with E-state index in [-0.39, 0.29) is 5.88 Å². The lowest BCUT2D eigenvalue weighted by atomic mass is 10.1. The molecule has 0 aliphatic carbocycles. The first-order valence-electron chi connectivity index (χ1n) is 8.73. The number of anilines is 4. The molecule has 28 heavy (non-hydrogen) atoms. The van der Waals surface area contributed by atoms with Gasteiger partial charge in [-0.2, -0.15) is 10.1 Å². The number of hydrogen-bond acceptors (Lipinski definition) is 6. The fraction of sp³-hybridized carbons (Fsp3) is 0.0476. The van der Waals surface area contributed by atoms with Gasteiger partial charge in [-0.15, -0.1) is 0 Å². The minimum absolute atomic E-state index is 0.265. The highest BCUT2D eigenvalue weighted by Gasteiger charge is 2.11. The predicted molar refractivity (Wildman–Crippen MR) is 112 cm³/mol. The van der Waals surface area contributed by atoms with Crippen LogP contribution in [0.5, 0.6) is 11.6 Å². The number of benzene rings is 2. The first-order chi connectivity index (χ1) is 13.6. The van der Waals surface area contributed by atoms with E-state index < -0.39 is 0 Å². The molecular weight excluding hydrogens is 352 g/mol. The zero-order chi connectivity index (χ0) is 19.5. The van der Waals surface area contributed by atoms with E-state index in [0.29, 0.717) is 22.9 Å². The number of nitrogens with two attached hydrogens (primary N) is 2. The van der Waals surface area contributed by atoms with E-state index in [1.165, 1.54) is 0 Å². The van der Waals surface area contributed by atoms with Gasteiger partial charge in [-0.25, -0.2) is 0 Å². The monoisotopic (exact) mass is 372 g/mol. The van der Waals surface area contributed by atoms with Gasteiger partial charge in [0, 0.05) is 30.6 Å². The molecule has 7 nitrogen and oxygen atoms in total. The summed E-state index contributed by atoms with van der Waals surface area (Å²) in [4.78, 5) is 4.46. The van der Waals surface area contributed by atoms with E-state index >= 15 is 0 Å². The molecule has 0 bridgehead atoms. The highest BCUT2D eigenvalue weighted by atomic mass is 16.5. The largest absolute Gasteiger partial charge is 0.437 e. The Bertz CT molecular complexity index is 1090. The smallest absolute Gasteiger partial charge is 0.246 e. The van der Waals surface area contributed by atoms with E-state index in [2.05, 4.69) is 15.4 Å². The highest BCUT2D eigenvalue weighted by Crippen LogP contribution is 2.33. The lowest BCUT2D eigenvalue weighted by Gasteiger charge is -2.13. The van der Waals surface area contributed by atoms with Gasteiger partial charge in [-0.1, -0.05) is 30.3 Å². The van der Waals surface area contributed by atoms with Crippen LogP contribution in [0.2, 0.25) is 0 Å². The van der Waals surface area contributed by atoms with Crippen LogP contribution < -0.4 is 21.5 Å². The van der Waals surface area contributed by atoms with Crippen LogP contribution in [0.3, 0.4) is 0 Å². The molecule has 5 N–H and O–H groups in total. The molecule has 0 fully saturated rings. The Kier molecular flexibility index (Phi) is 4.55. The number of nitrogens with zero attached hydrogens (tertiary/aromatic N) is 3. The lowest BCUT2D eigenvalue weighted by Crippen LogP contribution is -2.03. The van der Waals surface area contributed by atoms with Crippen LogP contribution in [0.1, 0.15) is 0 Å². The summed E-state index contributed by atoms with van der Waals surface area (Å²) in [5, 5.41) is 7.43. The molecule has 2 heterocycles. The Labute approximate surface area is 162 Å². The number of hydrogen-bond donors (Lipinski definition) is 3. The summed E-state index contributed by atoms with van der Waals surface area (Å²) in [6.45, 7) is 0. The number of aryl methyl sites for hydroxylation is 1. The van der Waals surface area contributed by atoms with Crippen molar-refractivity contribution in [2.45, 2.75) is 0 Å². The fourth-order valence-corrected chi connectivity index (χ4v) is 2.76. The maximum absolute atomic E-state index is 6.04. The van der Waals surface area contributed by atoms with Crippen LogP contribution in [-0.4, -0.2) is 14.8 Å². The topological polar surface area (TPSA) is 104 Å². The quantitative estimate of drug-likeness (QED) is 0.485. The fourth-order valence-electron chi connectivity index (χ4n) is 2.76. The molecule has 0 atom stereocenters. The Morgan fingerprint density at radius 1 is 0.964 bits per heavy atom. The van der Waals surface area contributed by atoms with Crippen molar-refractivity contribution in [2.75, 3.05) is 16.8 Å². The van der Waals surface area contributed by atoms with Gasteiger partial charge in [0.2, 0.25) is 5.88 Å². The Balaban J connectivity index is 1.56. The Hall–Kier alpha value is -4.00. The zero-order valence-corrected chi connectivity index (χ0v) is 15.3. The predicted octanol–water partition coefficient (Wildman–Crippen LogP) is 4.18. The van der Waals surface area contributed by atoms with Gasteiger partial charge in [0.25, 0.3) is 0 Å². The summed E-state index contributed by atoms with van der Waals surface area (Å²) in [7, 11) is 1.89. The van der Waals surface area contributed by atoms with Crippen LogP contribution in [-0.2, 0) is 7.05 Å². The first kappa shape index (κ1) is 17.4. The van der Waals surface area contributed by atoms with E-state index in [9.17, 15) is 0 Å². The molecule has 140 valence electrons. The van der Waals surface area contributed by atoms with Crippen molar-refractivity contribution in [2.24, 2.45) is 7.05 Å². The van der Waals surface area contributed by atoms with Crippen LogP contribution in [0, 0.1) is 0 Å². The van der Waals surface area contributed by atoms with Crippen LogP contribution >= 0.6 is 0 Å². The Morgan fingerprint density at radius 2 is 1.71 bits per heavy atom. The van der Waals surface area contributed by atoms with Crippen molar-refractivity contribution in [3.8, 4) is 22.8 Å². The molecule has 0 radical (unpaired) electrons. The van der Waals surface area contributed by atoms with Gasteiger partial charge < -0.3 is 21.5 Å². The Morgan fingerprint density at radius 3 is 2.39 bits per heavy atom. The zero-order valence-electron chi connectivity index (χ0n) is 15.3. The van der Waals surface area contributed by atoms with Crippen molar-refractivity contribution in [1.82, 2.24) is 14.8 Å². The molecule has 2 aromatic carbocycles. The van der Waals surface area contributed by atoms with Crippen LogP contribution in [0.4, 0.5) is 22.9 Å². The van der Waals surface area contributed by atoms with Gasteiger partial charge >= 0.3 is 0 Å². The first-order valence-corrected chi connectivity index (χ1v) is 8.73. The maximum Gasteiger partial charge on any atom is 0.246 e. The molecule has 0 spiro atoms. The highest BCUT2D eigenvalue weighted by molar-refractivity contribution is 5.75. The van der Waals surface area contributed by atoms with E-state index in [1.54, 1.807) is 10.7 Å². The van der Waals surface area contributed by atoms with Crippen molar-refractivity contribution < 1.29 is 4.74 Å². The summed E-state index contributed by atoms with van der Waals surface area (Å²) in [6.07, 6.45) is 3.80.